The number of nitrogens with zero attached hydrogens (tertiary/aromatic N) is 3. The number of amides is 2. The molecule has 0 spiro atoms. The van der Waals surface area contributed by atoms with Crippen LogP contribution in [0.2, 0.25) is 0 Å². The molecule has 1 saturated carbocycles. The summed E-state index contributed by atoms with van der Waals surface area (Å²) < 4.78 is 10.9. The number of piperidine rings is 1. The van der Waals surface area contributed by atoms with Crippen molar-refractivity contribution in [2.75, 3.05) is 33.9 Å². The molecule has 2 heterocycles. The number of primary amides is 1. The van der Waals surface area contributed by atoms with E-state index in [9.17, 15) is 9.59 Å². The van der Waals surface area contributed by atoms with Crippen LogP contribution in [-0.2, 0) is 9.59 Å². The van der Waals surface area contributed by atoms with Crippen LogP contribution in [0.1, 0.15) is 44.1 Å². The molecule has 8 nitrogen and oxygen atoms in total. The van der Waals surface area contributed by atoms with Crippen LogP contribution in [0.15, 0.2) is 23.3 Å². The Hall–Kier alpha value is -2.61. The zero-order valence-corrected chi connectivity index (χ0v) is 18.4. The SMILES string of the molecule is COc1ccc(C2=NN(C3CCN(CC(N)=O)CC3)C(=O)C3CCCCC23)cc1OC. The summed E-state index contributed by atoms with van der Waals surface area (Å²) in [5.74, 6) is 1.31. The molecule has 2 unspecified atom stereocenters. The second-order valence-corrected chi connectivity index (χ2v) is 8.71. The minimum absolute atomic E-state index is 0.0157. The average Bonchev–Trinajstić information content (AvgIpc) is 2.79. The van der Waals surface area contributed by atoms with Crippen molar-refractivity contribution in [1.29, 1.82) is 0 Å². The van der Waals surface area contributed by atoms with Gasteiger partial charge in [-0.25, -0.2) is 5.01 Å². The second-order valence-electron chi connectivity index (χ2n) is 8.71. The van der Waals surface area contributed by atoms with E-state index in [0.717, 1.165) is 62.9 Å². The fourth-order valence-corrected chi connectivity index (χ4v) is 5.23. The van der Waals surface area contributed by atoms with Crippen LogP contribution in [-0.4, -0.2) is 67.3 Å². The maximum atomic E-state index is 13.4. The first-order valence-corrected chi connectivity index (χ1v) is 11.2. The maximum Gasteiger partial charge on any atom is 0.246 e. The van der Waals surface area contributed by atoms with E-state index in [1.54, 1.807) is 19.2 Å². The van der Waals surface area contributed by atoms with Crippen molar-refractivity contribution in [1.82, 2.24) is 9.91 Å². The third kappa shape index (κ3) is 4.39. The zero-order chi connectivity index (χ0) is 22.0. The van der Waals surface area contributed by atoms with Gasteiger partial charge in [0.15, 0.2) is 11.5 Å². The highest BCUT2D eigenvalue weighted by molar-refractivity contribution is 6.07. The monoisotopic (exact) mass is 428 g/mol. The van der Waals surface area contributed by atoms with Crippen molar-refractivity contribution >= 4 is 17.5 Å². The molecule has 2 amide bonds. The van der Waals surface area contributed by atoms with Crippen LogP contribution in [0.3, 0.4) is 0 Å². The van der Waals surface area contributed by atoms with E-state index in [0.29, 0.717) is 11.5 Å². The standard InChI is InChI=1S/C23H32N4O4/c1-30-19-8-7-15(13-20(19)31-2)22-17-5-3-4-6-18(17)23(29)27(25-22)16-9-11-26(12-10-16)14-21(24)28/h7-8,13,16-18H,3-6,9-12,14H2,1-2H3,(H2,24,28). The van der Waals surface area contributed by atoms with E-state index >= 15 is 0 Å². The Morgan fingerprint density at radius 2 is 1.74 bits per heavy atom. The van der Waals surface area contributed by atoms with Gasteiger partial charge in [0.2, 0.25) is 11.8 Å². The van der Waals surface area contributed by atoms with Crippen LogP contribution in [0.25, 0.3) is 0 Å². The molecule has 8 heteroatoms. The number of carbonyl (C=O) groups excluding carboxylic acids is 2. The van der Waals surface area contributed by atoms with E-state index in [1.165, 1.54) is 0 Å². The Morgan fingerprint density at radius 3 is 2.39 bits per heavy atom. The predicted octanol–water partition coefficient (Wildman–Crippen LogP) is 2.01. The Labute approximate surface area is 183 Å². The third-order valence-corrected chi connectivity index (χ3v) is 6.84. The number of benzene rings is 1. The summed E-state index contributed by atoms with van der Waals surface area (Å²) in [6, 6.07) is 5.93. The number of nitrogens with two attached hydrogens (primary N) is 1. The number of likely N-dealkylation sites (tertiary alicyclic amines) is 1. The lowest BCUT2D eigenvalue weighted by Crippen LogP contribution is -2.53. The molecule has 31 heavy (non-hydrogen) atoms. The summed E-state index contributed by atoms with van der Waals surface area (Å²) in [6.07, 6.45) is 5.67. The van der Waals surface area contributed by atoms with Crippen molar-refractivity contribution in [2.45, 2.75) is 44.6 Å². The first kappa shape index (κ1) is 21.6. The van der Waals surface area contributed by atoms with Crippen molar-refractivity contribution in [3.8, 4) is 11.5 Å². The van der Waals surface area contributed by atoms with E-state index in [1.807, 2.05) is 18.2 Å². The first-order valence-electron chi connectivity index (χ1n) is 11.2. The number of hydrogen-bond donors (Lipinski definition) is 1. The van der Waals surface area contributed by atoms with Crippen LogP contribution in [0.5, 0.6) is 11.5 Å². The van der Waals surface area contributed by atoms with E-state index in [4.69, 9.17) is 20.3 Å². The summed E-state index contributed by atoms with van der Waals surface area (Å²) in [5, 5.41) is 6.70. The number of hydrazone groups is 1. The molecule has 2 N–H and O–H groups in total. The lowest BCUT2D eigenvalue weighted by atomic mass is 9.73. The molecule has 1 aromatic rings. The third-order valence-electron chi connectivity index (χ3n) is 6.84. The number of fused-ring (bicyclic) bond motifs is 1. The Bertz CT molecular complexity index is 863. The van der Waals surface area contributed by atoms with Gasteiger partial charge in [0.25, 0.3) is 0 Å². The van der Waals surface area contributed by atoms with Gasteiger partial charge < -0.3 is 15.2 Å². The number of hydrogen-bond acceptors (Lipinski definition) is 6. The molecule has 0 bridgehead atoms. The number of rotatable bonds is 6. The lowest BCUT2D eigenvalue weighted by molar-refractivity contribution is -0.142. The molecule has 1 saturated heterocycles. The summed E-state index contributed by atoms with van der Waals surface area (Å²) >= 11 is 0. The predicted molar refractivity (Wildman–Crippen MR) is 117 cm³/mol. The topological polar surface area (TPSA) is 97.5 Å². The van der Waals surface area contributed by atoms with Crippen molar-refractivity contribution in [2.24, 2.45) is 22.7 Å². The van der Waals surface area contributed by atoms with Gasteiger partial charge in [-0.15, -0.1) is 0 Å². The molecule has 3 aliphatic rings. The number of carbonyl (C=O) groups is 2. The molecule has 2 atom stereocenters. The fourth-order valence-electron chi connectivity index (χ4n) is 5.23. The molecule has 4 rings (SSSR count). The Kier molecular flexibility index (Phi) is 6.46. The summed E-state index contributed by atoms with van der Waals surface area (Å²) in [7, 11) is 3.25. The quantitative estimate of drug-likeness (QED) is 0.748. The normalized spacial score (nSPS) is 25.0. The molecular formula is C23H32N4O4. The van der Waals surface area contributed by atoms with E-state index < -0.39 is 0 Å². The van der Waals surface area contributed by atoms with Crippen LogP contribution >= 0.6 is 0 Å². The second kappa shape index (κ2) is 9.26. The van der Waals surface area contributed by atoms with E-state index in [-0.39, 0.29) is 36.2 Å². The molecule has 0 aromatic heterocycles. The number of methoxy groups -OCH3 is 2. The smallest absolute Gasteiger partial charge is 0.246 e. The van der Waals surface area contributed by atoms with Crippen LogP contribution < -0.4 is 15.2 Å². The van der Waals surface area contributed by atoms with Gasteiger partial charge in [0.1, 0.15) is 0 Å². The maximum absolute atomic E-state index is 13.4. The highest BCUT2D eigenvalue weighted by atomic mass is 16.5. The highest BCUT2D eigenvalue weighted by Crippen LogP contribution is 2.40. The minimum atomic E-state index is -0.314. The van der Waals surface area contributed by atoms with Gasteiger partial charge in [0, 0.05) is 30.5 Å². The number of ether oxygens (including phenoxy) is 2. The zero-order valence-electron chi connectivity index (χ0n) is 18.4. The molecule has 2 fully saturated rings. The van der Waals surface area contributed by atoms with Gasteiger partial charge in [-0.2, -0.15) is 5.10 Å². The molecule has 2 aliphatic heterocycles. The molecule has 168 valence electrons. The minimum Gasteiger partial charge on any atom is -0.493 e. The lowest BCUT2D eigenvalue weighted by Gasteiger charge is -2.43. The van der Waals surface area contributed by atoms with Crippen molar-refractivity contribution in [3.05, 3.63) is 23.8 Å². The van der Waals surface area contributed by atoms with Crippen molar-refractivity contribution < 1.29 is 19.1 Å². The molecule has 1 aromatic carbocycles. The first-order chi connectivity index (χ1) is 15.0. The Balaban J connectivity index is 1.63. The fraction of sp³-hybridized carbons (Fsp3) is 0.609. The molecule has 0 radical (unpaired) electrons. The average molecular weight is 429 g/mol. The van der Waals surface area contributed by atoms with Crippen LogP contribution in [0, 0.1) is 11.8 Å². The summed E-state index contributed by atoms with van der Waals surface area (Å²) in [6.45, 7) is 1.75. The molecule has 1 aliphatic carbocycles. The van der Waals surface area contributed by atoms with Gasteiger partial charge in [-0.3, -0.25) is 14.5 Å². The summed E-state index contributed by atoms with van der Waals surface area (Å²) in [4.78, 5) is 26.7. The largest absolute Gasteiger partial charge is 0.493 e. The van der Waals surface area contributed by atoms with Gasteiger partial charge >= 0.3 is 0 Å². The molecular weight excluding hydrogens is 396 g/mol. The van der Waals surface area contributed by atoms with E-state index in [2.05, 4.69) is 4.90 Å². The van der Waals surface area contributed by atoms with Crippen LogP contribution in [0.4, 0.5) is 0 Å². The summed E-state index contributed by atoms with van der Waals surface area (Å²) in [5.41, 5.74) is 7.30. The highest BCUT2D eigenvalue weighted by Gasteiger charge is 2.43. The van der Waals surface area contributed by atoms with Gasteiger partial charge in [0.05, 0.1) is 32.5 Å². The Morgan fingerprint density at radius 1 is 1.06 bits per heavy atom. The van der Waals surface area contributed by atoms with Gasteiger partial charge in [-0.05, 0) is 43.9 Å². The van der Waals surface area contributed by atoms with Gasteiger partial charge in [-0.1, -0.05) is 12.8 Å². The van der Waals surface area contributed by atoms with Crippen molar-refractivity contribution in [3.63, 3.8) is 0 Å².